The van der Waals surface area contributed by atoms with Crippen molar-refractivity contribution in [3.8, 4) is 22.3 Å². The lowest BCUT2D eigenvalue weighted by molar-refractivity contribution is 0.591. The Bertz CT molecular complexity index is 1970. The third-order valence-electron chi connectivity index (χ3n) is 9.92. The van der Waals surface area contributed by atoms with Gasteiger partial charge in [0.15, 0.2) is 0 Å². The van der Waals surface area contributed by atoms with Crippen LogP contribution in [0.25, 0.3) is 54.6 Å². The Kier molecular flexibility index (Phi) is 3.92. The van der Waals surface area contributed by atoms with Crippen LogP contribution in [0.4, 0.5) is 0 Å². The number of rotatable bonds is 0. The lowest BCUT2D eigenvalue weighted by atomic mass is 9.79. The van der Waals surface area contributed by atoms with Crippen LogP contribution >= 0.6 is 0 Å². The molecule has 0 heteroatoms. The van der Waals surface area contributed by atoms with E-state index in [1.807, 2.05) is 0 Å². The van der Waals surface area contributed by atoms with Crippen molar-refractivity contribution in [2.24, 2.45) is 0 Å². The molecule has 2 aliphatic carbocycles. The van der Waals surface area contributed by atoms with Gasteiger partial charge in [-0.1, -0.05) is 109 Å². The zero-order valence-corrected chi connectivity index (χ0v) is 23.5. The van der Waals surface area contributed by atoms with Gasteiger partial charge >= 0.3 is 0 Å². The van der Waals surface area contributed by atoms with Crippen molar-refractivity contribution >= 4 is 32.3 Å². The number of hydrogen-bond acceptors (Lipinski definition) is 0. The van der Waals surface area contributed by atoms with Gasteiger partial charge in [0.05, 0.1) is 0 Å². The molecule has 0 bridgehead atoms. The van der Waals surface area contributed by atoms with Crippen molar-refractivity contribution < 1.29 is 0 Å². The third kappa shape index (κ3) is 2.57. The molecule has 6 aromatic carbocycles. The zero-order valence-electron chi connectivity index (χ0n) is 23.5. The molecule has 8 rings (SSSR count). The first-order valence-electron chi connectivity index (χ1n) is 14.0. The van der Waals surface area contributed by atoms with Crippen molar-refractivity contribution in [1.29, 1.82) is 0 Å². The highest BCUT2D eigenvalue weighted by atomic mass is 14.4. The van der Waals surface area contributed by atoms with E-state index in [2.05, 4.69) is 127 Å². The minimum Gasteiger partial charge on any atom is -0.0619 e. The number of benzene rings is 6. The minimum absolute atomic E-state index is 0.000987. The van der Waals surface area contributed by atoms with Gasteiger partial charge in [-0.05, 0) is 106 Å². The minimum atomic E-state index is -0.0504. The van der Waals surface area contributed by atoms with Gasteiger partial charge in [0, 0.05) is 10.8 Å². The average Bonchev–Trinajstić information content (AvgIpc) is 3.24. The first-order chi connectivity index (χ1) is 18.0. The van der Waals surface area contributed by atoms with E-state index < -0.39 is 0 Å². The topological polar surface area (TPSA) is 0 Å². The number of hydrogen-bond donors (Lipinski definition) is 0. The van der Waals surface area contributed by atoms with E-state index in [9.17, 15) is 0 Å². The summed E-state index contributed by atoms with van der Waals surface area (Å²) in [4.78, 5) is 0. The van der Waals surface area contributed by atoms with Crippen LogP contribution in [0.3, 0.4) is 0 Å². The Morgan fingerprint density at radius 1 is 0.500 bits per heavy atom. The predicted octanol–water partition coefficient (Wildman–Crippen LogP) is 10.5. The van der Waals surface area contributed by atoms with Crippen molar-refractivity contribution in [2.45, 2.75) is 64.7 Å². The maximum Gasteiger partial charge on any atom is 0.0159 e. The Hall–Kier alpha value is -3.64. The second-order valence-corrected chi connectivity index (χ2v) is 13.9. The summed E-state index contributed by atoms with van der Waals surface area (Å²) < 4.78 is 0. The van der Waals surface area contributed by atoms with Crippen LogP contribution in [0.1, 0.15) is 76.3 Å². The van der Waals surface area contributed by atoms with E-state index in [1.54, 1.807) is 0 Å². The first-order valence-corrected chi connectivity index (χ1v) is 14.0. The summed E-state index contributed by atoms with van der Waals surface area (Å²) in [5.74, 6) is 0. The summed E-state index contributed by atoms with van der Waals surface area (Å²) in [6, 6.07) is 30.9. The molecule has 0 saturated carbocycles. The van der Waals surface area contributed by atoms with E-state index in [0.717, 1.165) is 0 Å². The molecule has 0 spiro atoms. The maximum atomic E-state index is 2.55. The molecule has 2 aliphatic rings. The van der Waals surface area contributed by atoms with E-state index in [-0.39, 0.29) is 16.2 Å². The van der Waals surface area contributed by atoms with Crippen LogP contribution in [-0.4, -0.2) is 0 Å². The Balaban J connectivity index is 1.48. The third-order valence-corrected chi connectivity index (χ3v) is 9.92. The van der Waals surface area contributed by atoms with Crippen LogP contribution in [0.5, 0.6) is 0 Å². The van der Waals surface area contributed by atoms with Crippen LogP contribution < -0.4 is 0 Å². The van der Waals surface area contributed by atoms with Gasteiger partial charge in [-0.2, -0.15) is 0 Å². The van der Waals surface area contributed by atoms with E-state index >= 15 is 0 Å². The molecular formula is C38H34. The lowest BCUT2D eigenvalue weighted by Gasteiger charge is -2.24. The molecule has 0 saturated heterocycles. The molecule has 0 aliphatic heterocycles. The molecule has 0 fully saturated rings. The molecule has 38 heavy (non-hydrogen) atoms. The van der Waals surface area contributed by atoms with E-state index in [1.165, 1.54) is 82.4 Å². The van der Waals surface area contributed by atoms with Crippen LogP contribution in [0.15, 0.2) is 78.9 Å². The lowest BCUT2D eigenvalue weighted by Crippen LogP contribution is -2.17. The van der Waals surface area contributed by atoms with E-state index in [0.29, 0.717) is 0 Å². The van der Waals surface area contributed by atoms with Gasteiger partial charge in [0.1, 0.15) is 0 Å². The van der Waals surface area contributed by atoms with Crippen molar-refractivity contribution in [1.82, 2.24) is 0 Å². The molecule has 0 atom stereocenters. The van der Waals surface area contributed by atoms with Gasteiger partial charge in [0.2, 0.25) is 0 Å². The SMILES string of the molecule is CC(C)(C)c1cc2ccc3cc4c(c5ccc(c1)c2c35)-c1cc2c(cc1C4(C)C)-c1ccccc1C2(C)C. The van der Waals surface area contributed by atoms with Gasteiger partial charge in [-0.25, -0.2) is 0 Å². The molecule has 0 N–H and O–H groups in total. The van der Waals surface area contributed by atoms with Gasteiger partial charge < -0.3 is 0 Å². The standard InChI is InChI=1S/C38H34/c1-36(2,3)24-16-21-12-13-23-18-32-35(26-15-14-22(17-24)33(21)34(23)26)28-20-30-27(19-31(28)38(32,6)7)25-10-8-9-11-29(25)37(30,4)5/h8-20H,1-7H3. The highest BCUT2D eigenvalue weighted by Crippen LogP contribution is 2.58. The molecule has 0 radical (unpaired) electrons. The summed E-state index contributed by atoms with van der Waals surface area (Å²) in [6.07, 6.45) is 0. The maximum absolute atomic E-state index is 2.55. The fourth-order valence-electron chi connectivity index (χ4n) is 7.73. The van der Waals surface area contributed by atoms with Gasteiger partial charge in [-0.3, -0.25) is 0 Å². The molecule has 0 nitrogen and oxygen atoms in total. The molecule has 0 amide bonds. The Morgan fingerprint density at radius 3 is 1.79 bits per heavy atom. The Labute approximate surface area is 225 Å². The van der Waals surface area contributed by atoms with Crippen molar-refractivity contribution in [3.05, 3.63) is 107 Å². The van der Waals surface area contributed by atoms with Crippen molar-refractivity contribution in [3.63, 3.8) is 0 Å². The van der Waals surface area contributed by atoms with Crippen LogP contribution in [0, 0.1) is 0 Å². The highest BCUT2D eigenvalue weighted by Gasteiger charge is 2.42. The molecule has 0 unspecified atom stereocenters. The fourth-order valence-corrected chi connectivity index (χ4v) is 7.73. The summed E-state index contributed by atoms with van der Waals surface area (Å²) in [5.41, 5.74) is 13.0. The average molecular weight is 491 g/mol. The normalized spacial score (nSPS) is 16.7. The van der Waals surface area contributed by atoms with Gasteiger partial charge in [0.25, 0.3) is 0 Å². The van der Waals surface area contributed by atoms with E-state index in [4.69, 9.17) is 0 Å². The summed E-state index contributed by atoms with van der Waals surface area (Å²) in [6.45, 7) is 16.6. The largest absolute Gasteiger partial charge is 0.0619 e. The summed E-state index contributed by atoms with van der Waals surface area (Å²) in [7, 11) is 0. The fraction of sp³-hybridized carbons (Fsp3) is 0.263. The second-order valence-electron chi connectivity index (χ2n) is 13.9. The van der Waals surface area contributed by atoms with Gasteiger partial charge in [-0.15, -0.1) is 0 Å². The summed E-state index contributed by atoms with van der Waals surface area (Å²) in [5, 5.41) is 8.31. The number of fused-ring (bicyclic) bond motifs is 7. The summed E-state index contributed by atoms with van der Waals surface area (Å²) >= 11 is 0. The monoisotopic (exact) mass is 490 g/mol. The molecular weight excluding hydrogens is 456 g/mol. The molecule has 0 heterocycles. The van der Waals surface area contributed by atoms with Crippen molar-refractivity contribution in [2.75, 3.05) is 0 Å². The highest BCUT2D eigenvalue weighted by molar-refractivity contribution is 6.26. The predicted molar refractivity (Wildman–Crippen MR) is 164 cm³/mol. The quantitative estimate of drug-likeness (QED) is 0.186. The smallest absolute Gasteiger partial charge is 0.0159 e. The molecule has 0 aromatic heterocycles. The molecule has 186 valence electrons. The second kappa shape index (κ2) is 6.67. The Morgan fingerprint density at radius 2 is 1.08 bits per heavy atom. The molecule has 6 aromatic rings. The van der Waals surface area contributed by atoms with Crippen LogP contribution in [-0.2, 0) is 16.2 Å². The zero-order chi connectivity index (χ0) is 26.4. The van der Waals surface area contributed by atoms with Crippen LogP contribution in [0.2, 0.25) is 0 Å². The first kappa shape index (κ1) is 22.4.